The van der Waals surface area contributed by atoms with Crippen molar-refractivity contribution < 1.29 is 19.2 Å². The molecule has 1 aliphatic rings. The molecule has 0 N–H and O–H groups in total. The molecule has 1 fully saturated rings. The van der Waals surface area contributed by atoms with E-state index in [1.807, 2.05) is 30.3 Å². The van der Waals surface area contributed by atoms with Gasteiger partial charge in [-0.05, 0) is 31.0 Å². The van der Waals surface area contributed by atoms with Crippen molar-refractivity contribution in [3.05, 3.63) is 58.6 Å². The fourth-order valence-electron chi connectivity index (χ4n) is 3.06. The maximum Gasteiger partial charge on any atom is 0.328 e. The lowest BCUT2D eigenvalue weighted by Gasteiger charge is -2.26. The van der Waals surface area contributed by atoms with Crippen molar-refractivity contribution in [2.24, 2.45) is 0 Å². The normalized spacial score (nSPS) is 15.4. The van der Waals surface area contributed by atoms with Gasteiger partial charge in [-0.15, -0.1) is 11.8 Å². The Morgan fingerprint density at radius 2 is 1.81 bits per heavy atom. The summed E-state index contributed by atoms with van der Waals surface area (Å²) < 4.78 is 10.1. The van der Waals surface area contributed by atoms with Gasteiger partial charge in [-0.1, -0.05) is 31.0 Å². The molecule has 0 heterocycles. The summed E-state index contributed by atoms with van der Waals surface area (Å²) in [7, 11) is 1.43. The van der Waals surface area contributed by atoms with Gasteiger partial charge in [0.2, 0.25) is 0 Å². The number of thioether (sulfide) groups is 1. The van der Waals surface area contributed by atoms with Crippen LogP contribution in [0.25, 0.3) is 0 Å². The van der Waals surface area contributed by atoms with Gasteiger partial charge >= 0.3 is 5.97 Å². The van der Waals surface area contributed by atoms with Crippen molar-refractivity contribution in [3.8, 4) is 11.5 Å². The Balaban J connectivity index is 1.87. The first-order valence-corrected chi connectivity index (χ1v) is 9.14. The predicted octanol–water partition coefficient (Wildman–Crippen LogP) is 4.61. The molecule has 1 saturated carbocycles. The highest BCUT2D eigenvalue weighted by Crippen LogP contribution is 2.46. The van der Waals surface area contributed by atoms with Gasteiger partial charge in [0.05, 0.1) is 18.1 Å². The van der Waals surface area contributed by atoms with Gasteiger partial charge in [-0.25, -0.2) is 0 Å². The SMILES string of the molecule is COc1ccc([N+](=O)[O-])cc1OC(=O)C1(Sc2ccccc2)CCCC1. The van der Waals surface area contributed by atoms with Gasteiger partial charge in [-0.2, -0.15) is 0 Å². The number of nitro benzene ring substituents is 1. The topological polar surface area (TPSA) is 78.7 Å². The highest BCUT2D eigenvalue weighted by Gasteiger charge is 2.44. The van der Waals surface area contributed by atoms with Crippen molar-refractivity contribution in [1.29, 1.82) is 0 Å². The van der Waals surface area contributed by atoms with Crippen LogP contribution >= 0.6 is 11.8 Å². The van der Waals surface area contributed by atoms with Crippen molar-refractivity contribution in [2.45, 2.75) is 35.3 Å². The molecule has 6 nitrogen and oxygen atoms in total. The third-order valence-electron chi connectivity index (χ3n) is 4.40. The van der Waals surface area contributed by atoms with E-state index in [1.165, 1.54) is 37.1 Å². The second-order valence-corrected chi connectivity index (χ2v) is 7.56. The molecule has 0 spiro atoms. The smallest absolute Gasteiger partial charge is 0.328 e. The molecule has 136 valence electrons. The Morgan fingerprint density at radius 3 is 2.42 bits per heavy atom. The lowest BCUT2D eigenvalue weighted by Crippen LogP contribution is -2.36. The molecule has 1 aliphatic carbocycles. The maximum absolute atomic E-state index is 13.0. The second-order valence-electron chi connectivity index (χ2n) is 6.10. The second kappa shape index (κ2) is 7.78. The van der Waals surface area contributed by atoms with Crippen LogP contribution in [0.1, 0.15) is 25.7 Å². The molecular formula is C19H19NO5S. The number of nitro groups is 1. The summed E-state index contributed by atoms with van der Waals surface area (Å²) >= 11 is 1.50. The van der Waals surface area contributed by atoms with E-state index in [2.05, 4.69) is 0 Å². The number of nitrogens with zero attached hydrogens (tertiary/aromatic N) is 1. The Hall–Kier alpha value is -2.54. The van der Waals surface area contributed by atoms with Crippen LogP contribution in [-0.4, -0.2) is 22.7 Å². The summed E-state index contributed by atoms with van der Waals surface area (Å²) in [5.41, 5.74) is -0.148. The standard InChI is InChI=1S/C19H19NO5S/c1-24-16-10-9-14(20(22)23)13-17(16)25-18(21)19(11-5-6-12-19)26-15-7-3-2-4-8-15/h2-4,7-10,13H,5-6,11-12H2,1H3. The van der Waals surface area contributed by atoms with E-state index in [-0.39, 0.29) is 17.4 Å². The number of rotatable bonds is 6. The van der Waals surface area contributed by atoms with Crippen molar-refractivity contribution in [1.82, 2.24) is 0 Å². The monoisotopic (exact) mass is 373 g/mol. The van der Waals surface area contributed by atoms with Crippen molar-refractivity contribution in [3.63, 3.8) is 0 Å². The fourth-order valence-corrected chi connectivity index (χ4v) is 4.42. The first-order valence-electron chi connectivity index (χ1n) is 8.33. The van der Waals surface area contributed by atoms with Gasteiger partial charge in [0.25, 0.3) is 5.69 Å². The summed E-state index contributed by atoms with van der Waals surface area (Å²) in [6.07, 6.45) is 3.31. The molecule has 2 aromatic rings. The Bertz CT molecular complexity index is 803. The minimum absolute atomic E-state index is 0.0756. The van der Waals surface area contributed by atoms with Gasteiger partial charge < -0.3 is 9.47 Å². The van der Waals surface area contributed by atoms with Crippen LogP contribution in [0.5, 0.6) is 11.5 Å². The zero-order chi connectivity index (χ0) is 18.6. The summed E-state index contributed by atoms with van der Waals surface area (Å²) in [6, 6.07) is 13.7. The van der Waals surface area contributed by atoms with E-state index in [4.69, 9.17) is 9.47 Å². The third-order valence-corrected chi connectivity index (χ3v) is 5.87. The average molecular weight is 373 g/mol. The number of methoxy groups -OCH3 is 1. The average Bonchev–Trinajstić information content (AvgIpc) is 3.12. The molecule has 26 heavy (non-hydrogen) atoms. The van der Waals surface area contributed by atoms with Gasteiger partial charge in [-0.3, -0.25) is 14.9 Å². The highest BCUT2D eigenvalue weighted by molar-refractivity contribution is 8.01. The highest BCUT2D eigenvalue weighted by atomic mass is 32.2. The number of carbonyl (C=O) groups excluding carboxylic acids is 1. The first kappa shape index (κ1) is 18.3. The van der Waals surface area contributed by atoms with Crippen molar-refractivity contribution in [2.75, 3.05) is 7.11 Å². The number of carbonyl (C=O) groups is 1. The van der Waals surface area contributed by atoms with Crippen LogP contribution in [0.3, 0.4) is 0 Å². The largest absolute Gasteiger partial charge is 0.493 e. The summed E-state index contributed by atoms with van der Waals surface area (Å²) in [6.45, 7) is 0. The maximum atomic E-state index is 13.0. The van der Waals surface area contributed by atoms with E-state index in [0.717, 1.165) is 17.7 Å². The Labute approximate surface area is 155 Å². The van der Waals surface area contributed by atoms with Crippen LogP contribution in [0.4, 0.5) is 5.69 Å². The van der Waals surface area contributed by atoms with Crippen LogP contribution in [0.15, 0.2) is 53.4 Å². The van der Waals surface area contributed by atoms with Gasteiger partial charge in [0.15, 0.2) is 11.5 Å². The first-order chi connectivity index (χ1) is 12.5. The molecule has 3 rings (SSSR count). The van der Waals surface area contributed by atoms with E-state index in [0.29, 0.717) is 18.6 Å². The predicted molar refractivity (Wildman–Crippen MR) is 98.8 cm³/mol. The van der Waals surface area contributed by atoms with Crippen LogP contribution in [0, 0.1) is 10.1 Å². The number of hydrogen-bond acceptors (Lipinski definition) is 6. The van der Waals surface area contributed by atoms with Gasteiger partial charge in [0.1, 0.15) is 4.75 Å². The molecule has 7 heteroatoms. The molecule has 0 radical (unpaired) electrons. The Kier molecular flexibility index (Phi) is 5.46. The zero-order valence-electron chi connectivity index (χ0n) is 14.3. The fraction of sp³-hybridized carbons (Fsp3) is 0.316. The summed E-state index contributed by atoms with van der Waals surface area (Å²) in [4.78, 5) is 24.5. The van der Waals surface area contributed by atoms with E-state index in [9.17, 15) is 14.9 Å². The lowest BCUT2D eigenvalue weighted by molar-refractivity contribution is -0.384. The minimum Gasteiger partial charge on any atom is -0.493 e. The molecular weight excluding hydrogens is 354 g/mol. The summed E-state index contributed by atoms with van der Waals surface area (Å²) in [5.74, 6) is -0.0175. The molecule has 0 unspecified atom stereocenters. The number of ether oxygens (including phenoxy) is 2. The quantitative estimate of drug-likeness (QED) is 0.318. The minimum atomic E-state index is -0.684. The van der Waals surface area contributed by atoms with Crippen molar-refractivity contribution >= 4 is 23.4 Å². The number of hydrogen-bond donors (Lipinski definition) is 0. The van der Waals surface area contributed by atoms with Gasteiger partial charge in [0, 0.05) is 11.0 Å². The van der Waals surface area contributed by atoms with Crippen LogP contribution in [-0.2, 0) is 4.79 Å². The molecule has 0 atom stereocenters. The van der Waals surface area contributed by atoms with Crippen LogP contribution in [0.2, 0.25) is 0 Å². The molecule has 0 bridgehead atoms. The van der Waals surface area contributed by atoms with E-state index < -0.39 is 9.67 Å². The van der Waals surface area contributed by atoms with E-state index >= 15 is 0 Å². The lowest BCUT2D eigenvalue weighted by atomic mass is 10.1. The molecule has 0 saturated heterocycles. The van der Waals surface area contributed by atoms with Crippen LogP contribution < -0.4 is 9.47 Å². The third kappa shape index (κ3) is 3.83. The molecule has 0 amide bonds. The zero-order valence-corrected chi connectivity index (χ0v) is 15.2. The Morgan fingerprint density at radius 1 is 1.12 bits per heavy atom. The summed E-state index contributed by atoms with van der Waals surface area (Å²) in [5, 5.41) is 11.0. The molecule has 0 aromatic heterocycles. The molecule has 2 aromatic carbocycles. The number of non-ortho nitro benzene ring substituents is 1. The number of esters is 1. The number of benzene rings is 2. The van der Waals surface area contributed by atoms with E-state index in [1.54, 1.807) is 0 Å². The molecule has 0 aliphatic heterocycles.